The van der Waals surface area contributed by atoms with E-state index in [9.17, 15) is 4.79 Å². The van der Waals surface area contributed by atoms with Crippen LogP contribution >= 0.6 is 22.9 Å². The van der Waals surface area contributed by atoms with Crippen LogP contribution in [0.5, 0.6) is 5.75 Å². The standard InChI is InChI=1S/C21H25ClN2O3S/c22-16-5-8-19(27-12-20-23-17(11-25)13-28-20)15(9-16)10-24(18-6-7-18)21(26)14-3-1-2-4-14/h5,8-9,13-14,18,25H,1-4,6-7,10-12H2. The van der Waals surface area contributed by atoms with Crippen LogP contribution in [0.2, 0.25) is 5.02 Å². The van der Waals surface area contributed by atoms with Crippen LogP contribution < -0.4 is 4.74 Å². The molecule has 0 saturated heterocycles. The number of halogens is 1. The molecule has 1 aromatic heterocycles. The molecular weight excluding hydrogens is 396 g/mol. The zero-order valence-electron chi connectivity index (χ0n) is 15.8. The fraction of sp³-hybridized carbons (Fsp3) is 0.524. The molecule has 28 heavy (non-hydrogen) atoms. The van der Waals surface area contributed by atoms with Crippen molar-refractivity contribution >= 4 is 28.8 Å². The highest BCUT2D eigenvalue weighted by atomic mass is 35.5. The van der Waals surface area contributed by atoms with Crippen molar-refractivity contribution in [2.24, 2.45) is 5.92 Å². The van der Waals surface area contributed by atoms with E-state index < -0.39 is 0 Å². The molecule has 1 heterocycles. The summed E-state index contributed by atoms with van der Waals surface area (Å²) in [6.45, 7) is 0.803. The number of hydrogen-bond acceptors (Lipinski definition) is 5. The van der Waals surface area contributed by atoms with Crippen molar-refractivity contribution in [1.29, 1.82) is 0 Å². The molecular formula is C21H25ClN2O3S. The Morgan fingerprint density at radius 2 is 2.07 bits per heavy atom. The molecule has 0 aliphatic heterocycles. The van der Waals surface area contributed by atoms with Crippen LogP contribution in [0.1, 0.15) is 54.8 Å². The topological polar surface area (TPSA) is 62.7 Å². The lowest BCUT2D eigenvalue weighted by Gasteiger charge is -2.26. The third-order valence-corrected chi connectivity index (χ3v) is 6.56. The van der Waals surface area contributed by atoms with Gasteiger partial charge in [-0.2, -0.15) is 0 Å². The number of thiazole rings is 1. The number of amides is 1. The summed E-state index contributed by atoms with van der Waals surface area (Å²) in [6, 6.07) is 5.92. The number of benzene rings is 1. The van der Waals surface area contributed by atoms with Gasteiger partial charge in [-0.25, -0.2) is 4.98 Å². The van der Waals surface area contributed by atoms with E-state index in [1.54, 1.807) is 0 Å². The number of aromatic nitrogens is 1. The summed E-state index contributed by atoms with van der Waals surface area (Å²) in [5, 5.41) is 12.4. The fourth-order valence-corrected chi connectivity index (χ4v) is 4.69. The van der Waals surface area contributed by atoms with E-state index in [4.69, 9.17) is 21.4 Å². The van der Waals surface area contributed by atoms with Crippen molar-refractivity contribution in [2.45, 2.75) is 64.3 Å². The highest BCUT2D eigenvalue weighted by Gasteiger charge is 2.37. The maximum Gasteiger partial charge on any atom is 0.226 e. The van der Waals surface area contributed by atoms with E-state index in [1.165, 1.54) is 11.3 Å². The van der Waals surface area contributed by atoms with Gasteiger partial charge < -0.3 is 14.7 Å². The minimum atomic E-state index is -0.0671. The molecule has 7 heteroatoms. The Balaban J connectivity index is 1.49. The number of nitrogens with zero attached hydrogens (tertiary/aromatic N) is 2. The van der Waals surface area contributed by atoms with Gasteiger partial charge in [0.2, 0.25) is 5.91 Å². The average Bonchev–Trinajstić information content (AvgIpc) is 3.20. The molecule has 2 aromatic rings. The van der Waals surface area contributed by atoms with Crippen LogP contribution in [0.15, 0.2) is 23.6 Å². The number of hydrogen-bond donors (Lipinski definition) is 1. The first kappa shape index (κ1) is 19.7. The van der Waals surface area contributed by atoms with Crippen LogP contribution in [0.3, 0.4) is 0 Å². The molecule has 0 unspecified atom stereocenters. The Labute approximate surface area is 174 Å². The Hall–Kier alpha value is -1.63. The number of ether oxygens (including phenoxy) is 1. The summed E-state index contributed by atoms with van der Waals surface area (Å²) in [4.78, 5) is 19.4. The van der Waals surface area contributed by atoms with Crippen molar-refractivity contribution in [3.63, 3.8) is 0 Å². The minimum Gasteiger partial charge on any atom is -0.486 e. The Kier molecular flexibility index (Phi) is 6.19. The Bertz CT molecular complexity index is 831. The van der Waals surface area contributed by atoms with Crippen molar-refractivity contribution in [3.05, 3.63) is 44.9 Å². The first-order valence-corrected chi connectivity index (χ1v) is 11.2. The maximum absolute atomic E-state index is 13.1. The number of aliphatic hydroxyl groups is 1. The zero-order valence-corrected chi connectivity index (χ0v) is 17.3. The van der Waals surface area contributed by atoms with Crippen LogP contribution in [-0.2, 0) is 24.6 Å². The fourth-order valence-electron chi connectivity index (χ4n) is 3.80. The maximum atomic E-state index is 13.1. The number of carbonyl (C=O) groups excluding carboxylic acids is 1. The predicted octanol–water partition coefficient (Wildman–Crippen LogP) is 4.55. The zero-order chi connectivity index (χ0) is 19.5. The molecule has 1 aromatic carbocycles. The molecule has 1 N–H and O–H groups in total. The third-order valence-electron chi connectivity index (χ3n) is 5.45. The van der Waals surface area contributed by atoms with E-state index in [-0.39, 0.29) is 12.5 Å². The smallest absolute Gasteiger partial charge is 0.226 e. The van der Waals surface area contributed by atoms with Gasteiger partial charge in [-0.15, -0.1) is 11.3 Å². The van der Waals surface area contributed by atoms with Gasteiger partial charge in [-0.3, -0.25) is 4.79 Å². The number of aliphatic hydroxyl groups excluding tert-OH is 1. The van der Waals surface area contributed by atoms with Crippen molar-refractivity contribution in [2.75, 3.05) is 0 Å². The first-order valence-electron chi connectivity index (χ1n) is 9.90. The van der Waals surface area contributed by atoms with Crippen molar-refractivity contribution in [1.82, 2.24) is 9.88 Å². The molecule has 2 fully saturated rings. The second-order valence-corrected chi connectivity index (χ2v) is 8.99. The van der Waals surface area contributed by atoms with E-state index in [0.29, 0.717) is 35.8 Å². The molecule has 4 rings (SSSR count). The quantitative estimate of drug-likeness (QED) is 0.680. The summed E-state index contributed by atoms with van der Waals surface area (Å²) in [7, 11) is 0. The highest BCUT2D eigenvalue weighted by molar-refractivity contribution is 7.09. The van der Waals surface area contributed by atoms with Gasteiger partial charge in [0.05, 0.1) is 12.3 Å². The SMILES string of the molecule is O=C(C1CCCC1)N(Cc1cc(Cl)ccc1OCc1nc(CO)cs1)C1CC1. The Morgan fingerprint density at radius 1 is 1.29 bits per heavy atom. The lowest BCUT2D eigenvalue weighted by Crippen LogP contribution is -2.36. The summed E-state index contributed by atoms with van der Waals surface area (Å²) in [5.41, 5.74) is 1.59. The average molecular weight is 421 g/mol. The highest BCUT2D eigenvalue weighted by Crippen LogP contribution is 2.36. The molecule has 0 atom stereocenters. The van der Waals surface area contributed by atoms with Crippen LogP contribution in [0.25, 0.3) is 0 Å². The summed E-state index contributed by atoms with van der Waals surface area (Å²) < 4.78 is 6.01. The monoisotopic (exact) mass is 420 g/mol. The molecule has 0 radical (unpaired) electrons. The second kappa shape index (κ2) is 8.80. The summed E-state index contributed by atoms with van der Waals surface area (Å²) in [5.74, 6) is 1.20. The first-order chi connectivity index (χ1) is 13.6. The van der Waals surface area contributed by atoms with Crippen LogP contribution in [0.4, 0.5) is 0 Å². The van der Waals surface area contributed by atoms with E-state index in [1.807, 2.05) is 28.5 Å². The number of carbonyl (C=O) groups is 1. The third kappa shape index (κ3) is 4.67. The van der Waals surface area contributed by atoms with E-state index >= 15 is 0 Å². The van der Waals surface area contributed by atoms with E-state index in [0.717, 1.165) is 54.8 Å². The van der Waals surface area contributed by atoms with Gasteiger partial charge in [0.1, 0.15) is 17.4 Å². The summed E-state index contributed by atoms with van der Waals surface area (Å²) >= 11 is 7.71. The predicted molar refractivity (Wildman–Crippen MR) is 109 cm³/mol. The largest absolute Gasteiger partial charge is 0.486 e. The van der Waals surface area contributed by atoms with Crippen LogP contribution in [0, 0.1) is 5.92 Å². The Morgan fingerprint density at radius 3 is 2.75 bits per heavy atom. The van der Waals surface area contributed by atoms with Gasteiger partial charge >= 0.3 is 0 Å². The van der Waals surface area contributed by atoms with Gasteiger partial charge in [0.25, 0.3) is 0 Å². The second-order valence-electron chi connectivity index (χ2n) is 7.61. The molecule has 1 amide bonds. The molecule has 5 nitrogen and oxygen atoms in total. The normalized spacial score (nSPS) is 17.1. The van der Waals surface area contributed by atoms with Gasteiger partial charge in [0, 0.05) is 34.5 Å². The van der Waals surface area contributed by atoms with E-state index in [2.05, 4.69) is 4.98 Å². The molecule has 2 saturated carbocycles. The van der Waals surface area contributed by atoms with Crippen molar-refractivity contribution < 1.29 is 14.6 Å². The lowest BCUT2D eigenvalue weighted by molar-refractivity contribution is -0.136. The van der Waals surface area contributed by atoms with Gasteiger partial charge in [0.15, 0.2) is 0 Å². The lowest BCUT2D eigenvalue weighted by atomic mass is 10.1. The summed E-state index contributed by atoms with van der Waals surface area (Å²) in [6.07, 6.45) is 6.50. The molecule has 150 valence electrons. The van der Waals surface area contributed by atoms with Gasteiger partial charge in [-0.1, -0.05) is 24.4 Å². The molecule has 2 aliphatic rings. The minimum absolute atomic E-state index is 0.0671. The van der Waals surface area contributed by atoms with Gasteiger partial charge in [-0.05, 0) is 43.9 Å². The van der Waals surface area contributed by atoms with Crippen molar-refractivity contribution in [3.8, 4) is 5.75 Å². The van der Waals surface area contributed by atoms with Crippen LogP contribution in [-0.4, -0.2) is 26.9 Å². The molecule has 0 spiro atoms. The number of rotatable bonds is 8. The molecule has 0 bridgehead atoms. The molecule has 2 aliphatic carbocycles.